The maximum absolute atomic E-state index is 14.8. The summed E-state index contributed by atoms with van der Waals surface area (Å²) in [6.45, 7) is 1.58. The number of piperidine rings is 1. The minimum atomic E-state index is -2.60. The Morgan fingerprint density at radius 1 is 1.06 bits per heavy atom. The second-order valence-corrected chi connectivity index (χ2v) is 12.6. The standard InChI is InChI=1S/C25H32F2N4O2.C9H8N2O3/c26-25(27,18-5-2-1-3-6-18)17-29-13-9-19(10-14-29)30-15-11-20-21(30)7-4-8-22(20)31-16-12-23(32)28-24(31)33;1-14-8-3-7-5(4-10-11-7)2-6(8)9(12)13/h4,7-8,11,15,18-19H,1-3,5-6,9-10,12-14,16-17H2,(H,28,32,33);2-4H,1H3,(H,10,11)(H,12,13). The van der Waals surface area contributed by atoms with Crippen LogP contribution in [0.2, 0.25) is 0 Å². The molecule has 3 fully saturated rings. The molecule has 250 valence electrons. The smallest absolute Gasteiger partial charge is 0.339 e. The molecule has 4 heterocycles. The van der Waals surface area contributed by atoms with Gasteiger partial charge in [-0.05, 0) is 49.9 Å². The van der Waals surface area contributed by atoms with Crippen molar-refractivity contribution < 1.29 is 33.0 Å². The SMILES string of the molecule is COc1cc2[nH]ncc2cc1C(=O)O.O=C1CCN(c2cccc3c2ccn3C2CCN(CC(F)(F)C3CCCCC3)CC2)C(=O)N1. The molecule has 2 aromatic heterocycles. The number of benzene rings is 2. The molecular weight excluding hydrogens is 610 g/mol. The molecule has 1 aliphatic carbocycles. The molecule has 11 nitrogen and oxygen atoms in total. The number of urea groups is 1. The number of fused-ring (bicyclic) bond motifs is 2. The van der Waals surface area contributed by atoms with Crippen molar-refractivity contribution in [1.29, 1.82) is 0 Å². The van der Waals surface area contributed by atoms with Gasteiger partial charge in [0.25, 0.3) is 5.92 Å². The van der Waals surface area contributed by atoms with E-state index in [1.807, 2.05) is 35.4 Å². The summed E-state index contributed by atoms with van der Waals surface area (Å²) in [5, 5.41) is 19.5. The van der Waals surface area contributed by atoms with Crippen LogP contribution in [0.25, 0.3) is 21.8 Å². The summed E-state index contributed by atoms with van der Waals surface area (Å²) in [5.41, 5.74) is 2.72. The number of alkyl halides is 2. The summed E-state index contributed by atoms with van der Waals surface area (Å²) >= 11 is 0. The third kappa shape index (κ3) is 6.95. The van der Waals surface area contributed by atoms with Gasteiger partial charge in [-0.3, -0.25) is 25.0 Å². The van der Waals surface area contributed by atoms with Gasteiger partial charge >= 0.3 is 12.0 Å². The van der Waals surface area contributed by atoms with E-state index in [1.165, 1.54) is 13.2 Å². The molecule has 0 unspecified atom stereocenters. The first-order chi connectivity index (χ1) is 22.6. The third-order valence-electron chi connectivity index (χ3n) is 9.66. The van der Waals surface area contributed by atoms with Gasteiger partial charge in [0.05, 0.1) is 36.6 Å². The fourth-order valence-corrected chi connectivity index (χ4v) is 7.14. The van der Waals surface area contributed by atoms with Crippen LogP contribution in [0.4, 0.5) is 19.3 Å². The molecule has 3 N–H and O–H groups in total. The number of hydrogen-bond donors (Lipinski definition) is 3. The number of carbonyl (C=O) groups excluding carboxylic acids is 2. The lowest BCUT2D eigenvalue weighted by Crippen LogP contribution is -2.49. The van der Waals surface area contributed by atoms with Crippen molar-refractivity contribution in [3.63, 3.8) is 0 Å². The van der Waals surface area contributed by atoms with Crippen molar-refractivity contribution in [3.05, 3.63) is 54.4 Å². The normalized spacial score (nSPS) is 18.7. The van der Waals surface area contributed by atoms with Crippen LogP contribution >= 0.6 is 0 Å². The summed E-state index contributed by atoms with van der Waals surface area (Å²) in [6, 6.07) is 10.9. The van der Waals surface area contributed by atoms with Gasteiger partial charge in [0.15, 0.2) is 0 Å². The van der Waals surface area contributed by atoms with Gasteiger partial charge in [-0.1, -0.05) is 25.3 Å². The van der Waals surface area contributed by atoms with Crippen LogP contribution in [0.5, 0.6) is 5.75 Å². The molecule has 0 atom stereocenters. The highest BCUT2D eigenvalue weighted by atomic mass is 19.3. The van der Waals surface area contributed by atoms with Gasteiger partial charge in [0.1, 0.15) is 11.3 Å². The van der Waals surface area contributed by atoms with Crippen LogP contribution in [-0.2, 0) is 4.79 Å². The molecule has 0 bridgehead atoms. The average Bonchev–Trinajstić information content (AvgIpc) is 3.72. The number of likely N-dealkylation sites (tertiary alicyclic amines) is 1. The number of aromatic amines is 1. The minimum Gasteiger partial charge on any atom is -0.496 e. The quantitative estimate of drug-likeness (QED) is 0.217. The molecule has 3 aliphatic rings. The number of halogens is 2. The molecule has 0 radical (unpaired) electrons. The number of anilines is 1. The number of carboxylic acid groups (broad SMARTS) is 1. The van der Waals surface area contributed by atoms with E-state index >= 15 is 0 Å². The number of nitrogens with one attached hydrogen (secondary N) is 2. The van der Waals surface area contributed by atoms with Crippen molar-refractivity contribution >= 4 is 45.4 Å². The average molecular weight is 651 g/mol. The topological polar surface area (TPSA) is 133 Å². The summed E-state index contributed by atoms with van der Waals surface area (Å²) in [5.74, 6) is -3.99. The second kappa shape index (κ2) is 13.7. The fraction of sp³-hybridized carbons (Fsp3) is 0.471. The molecule has 3 amide bonds. The van der Waals surface area contributed by atoms with Crippen LogP contribution in [0.15, 0.2) is 48.8 Å². The first-order valence-electron chi connectivity index (χ1n) is 16.2. The second-order valence-electron chi connectivity index (χ2n) is 12.6. The Bertz CT molecular complexity index is 1760. The van der Waals surface area contributed by atoms with Crippen LogP contribution in [0.3, 0.4) is 0 Å². The van der Waals surface area contributed by atoms with Crippen LogP contribution in [0.1, 0.15) is 67.8 Å². The van der Waals surface area contributed by atoms with Crippen molar-refractivity contribution in [1.82, 2.24) is 25.0 Å². The Labute approximate surface area is 270 Å². The number of aromatic nitrogens is 3. The van der Waals surface area contributed by atoms with Gasteiger partial charge in [0.2, 0.25) is 5.91 Å². The summed E-state index contributed by atoms with van der Waals surface area (Å²) in [6.07, 6.45) is 9.81. The van der Waals surface area contributed by atoms with Crippen molar-refractivity contribution in [3.8, 4) is 5.75 Å². The summed E-state index contributed by atoms with van der Waals surface area (Å²) < 4.78 is 36.9. The maximum atomic E-state index is 14.8. The van der Waals surface area contributed by atoms with Gasteiger partial charge in [-0.2, -0.15) is 5.10 Å². The van der Waals surface area contributed by atoms with E-state index < -0.39 is 23.8 Å². The summed E-state index contributed by atoms with van der Waals surface area (Å²) in [7, 11) is 1.43. The molecule has 2 aliphatic heterocycles. The Balaban J connectivity index is 0.000000230. The number of ether oxygens (including phenoxy) is 1. The number of nitrogens with zero attached hydrogens (tertiary/aromatic N) is 4. The number of aromatic carboxylic acids is 1. The Morgan fingerprint density at radius 2 is 1.83 bits per heavy atom. The predicted octanol–water partition coefficient (Wildman–Crippen LogP) is 6.21. The van der Waals surface area contributed by atoms with Gasteiger partial charge in [-0.15, -0.1) is 0 Å². The number of rotatable bonds is 7. The molecule has 0 spiro atoms. The Morgan fingerprint density at radius 3 is 2.53 bits per heavy atom. The van der Waals surface area contributed by atoms with Crippen LogP contribution < -0.4 is 15.0 Å². The molecular formula is C34H40F2N6O5. The number of hydrogen-bond acceptors (Lipinski definition) is 6. The lowest BCUT2D eigenvalue weighted by Gasteiger charge is -2.38. The van der Waals surface area contributed by atoms with Crippen LogP contribution in [-0.4, -0.2) is 81.9 Å². The van der Waals surface area contributed by atoms with E-state index in [0.29, 0.717) is 38.2 Å². The number of imide groups is 1. The fourth-order valence-electron chi connectivity index (χ4n) is 7.14. The van der Waals surface area contributed by atoms with E-state index in [2.05, 4.69) is 20.1 Å². The lowest BCUT2D eigenvalue weighted by atomic mass is 9.84. The highest BCUT2D eigenvalue weighted by Gasteiger charge is 2.41. The number of amides is 3. The van der Waals surface area contributed by atoms with E-state index in [1.54, 1.807) is 17.2 Å². The first kappa shape index (κ1) is 32.4. The van der Waals surface area contributed by atoms with Gasteiger partial charge in [-0.25, -0.2) is 18.4 Å². The predicted molar refractivity (Wildman–Crippen MR) is 173 cm³/mol. The molecule has 2 aromatic carbocycles. The van der Waals surface area contributed by atoms with Crippen LogP contribution in [0, 0.1) is 5.92 Å². The largest absolute Gasteiger partial charge is 0.496 e. The molecule has 47 heavy (non-hydrogen) atoms. The third-order valence-corrected chi connectivity index (χ3v) is 9.66. The van der Waals surface area contributed by atoms with E-state index in [0.717, 1.165) is 59.6 Å². The Hall–Kier alpha value is -4.52. The minimum absolute atomic E-state index is 0.121. The monoisotopic (exact) mass is 650 g/mol. The van der Waals surface area contributed by atoms with E-state index in [-0.39, 0.29) is 30.5 Å². The summed E-state index contributed by atoms with van der Waals surface area (Å²) in [4.78, 5) is 38.2. The highest BCUT2D eigenvalue weighted by Crippen LogP contribution is 2.39. The number of methoxy groups -OCH3 is 1. The molecule has 4 aromatic rings. The zero-order valence-electron chi connectivity index (χ0n) is 26.4. The van der Waals surface area contributed by atoms with Crippen molar-refractivity contribution in [2.45, 2.75) is 63.3 Å². The highest BCUT2D eigenvalue weighted by molar-refractivity contribution is 6.09. The number of H-pyrrole nitrogens is 1. The van der Waals surface area contributed by atoms with E-state index in [9.17, 15) is 23.2 Å². The molecule has 2 saturated heterocycles. The van der Waals surface area contributed by atoms with Crippen molar-refractivity contribution in [2.24, 2.45) is 5.92 Å². The zero-order chi connectivity index (χ0) is 33.1. The number of carbonyl (C=O) groups is 3. The maximum Gasteiger partial charge on any atom is 0.339 e. The molecule has 1 saturated carbocycles. The van der Waals surface area contributed by atoms with E-state index in [4.69, 9.17) is 9.84 Å². The van der Waals surface area contributed by atoms with Gasteiger partial charge < -0.3 is 14.4 Å². The number of carboxylic acids is 1. The molecule has 7 rings (SSSR count). The van der Waals surface area contributed by atoms with Gasteiger partial charge in [0, 0.05) is 61.1 Å². The Kier molecular flexibility index (Phi) is 9.44. The zero-order valence-corrected chi connectivity index (χ0v) is 26.4. The molecule has 13 heteroatoms. The first-order valence-corrected chi connectivity index (χ1v) is 16.2. The lowest BCUT2D eigenvalue weighted by molar-refractivity contribution is -0.120. The van der Waals surface area contributed by atoms with Crippen molar-refractivity contribution in [2.75, 3.05) is 38.2 Å².